The van der Waals surface area contributed by atoms with Crippen LogP contribution in [0.2, 0.25) is 0 Å². The van der Waals surface area contributed by atoms with E-state index < -0.39 is 11.9 Å². The molecule has 0 aromatic heterocycles. The predicted molar refractivity (Wildman–Crippen MR) is 102 cm³/mol. The zero-order valence-corrected chi connectivity index (χ0v) is 16.0. The Morgan fingerprint density at radius 3 is 2.48 bits per heavy atom. The third kappa shape index (κ3) is 4.72. The quantitative estimate of drug-likeness (QED) is 0.689. The average Bonchev–Trinajstić information content (AvgIpc) is 2.77. The maximum atomic E-state index is 13.0. The van der Waals surface area contributed by atoms with Gasteiger partial charge in [0.2, 0.25) is 0 Å². The lowest BCUT2D eigenvalue weighted by Crippen LogP contribution is -2.38. The number of carbonyl (C=O) groups is 2. The summed E-state index contributed by atoms with van der Waals surface area (Å²) in [5.41, 5.74) is 1.51. The monoisotopic (exact) mass is 401 g/mol. The van der Waals surface area contributed by atoms with Gasteiger partial charge in [-0.25, -0.2) is 14.0 Å². The fourth-order valence-electron chi connectivity index (χ4n) is 2.84. The minimum atomic E-state index is -0.675. The van der Waals surface area contributed by atoms with E-state index in [-0.39, 0.29) is 37.0 Å². The lowest BCUT2D eigenvalue weighted by molar-refractivity contribution is -0.140. The summed E-state index contributed by atoms with van der Waals surface area (Å²) in [6, 6.07) is 12.9. The van der Waals surface area contributed by atoms with Crippen molar-refractivity contribution in [1.29, 1.82) is 0 Å². The summed E-state index contributed by atoms with van der Waals surface area (Å²) in [6.45, 7) is 0.230. The summed E-state index contributed by atoms with van der Waals surface area (Å²) in [5.74, 6) is -1.13. The van der Waals surface area contributed by atoms with Crippen LogP contribution < -0.4 is 9.64 Å². The summed E-state index contributed by atoms with van der Waals surface area (Å²) in [4.78, 5) is 26.0. The van der Waals surface area contributed by atoms with Crippen molar-refractivity contribution < 1.29 is 32.9 Å². The molecule has 152 valence electrons. The van der Waals surface area contributed by atoms with Crippen molar-refractivity contribution in [1.82, 2.24) is 0 Å². The summed E-state index contributed by atoms with van der Waals surface area (Å²) in [7, 11) is 2.47. The molecule has 0 saturated carbocycles. The minimum Gasteiger partial charge on any atom is -0.489 e. The van der Waals surface area contributed by atoms with Gasteiger partial charge >= 0.3 is 11.9 Å². The summed E-state index contributed by atoms with van der Waals surface area (Å²) in [6.07, 6.45) is 0. The Labute approximate surface area is 167 Å². The van der Waals surface area contributed by atoms with Gasteiger partial charge in [0.1, 0.15) is 30.6 Å². The van der Waals surface area contributed by atoms with Crippen LogP contribution in [0.1, 0.15) is 5.56 Å². The lowest BCUT2D eigenvalue weighted by atomic mass is 10.1. The highest BCUT2D eigenvalue weighted by Gasteiger charge is 2.32. The molecule has 1 heterocycles. The molecule has 0 bridgehead atoms. The first-order valence-electron chi connectivity index (χ1n) is 8.76. The number of ether oxygens (including phenoxy) is 4. The van der Waals surface area contributed by atoms with E-state index in [0.29, 0.717) is 11.4 Å². The average molecular weight is 401 g/mol. The van der Waals surface area contributed by atoms with E-state index in [2.05, 4.69) is 0 Å². The van der Waals surface area contributed by atoms with Crippen LogP contribution in [-0.2, 0) is 30.4 Å². The molecule has 0 aliphatic carbocycles. The molecule has 0 spiro atoms. The predicted octanol–water partition coefficient (Wildman–Crippen LogP) is 2.80. The van der Waals surface area contributed by atoms with Gasteiger partial charge in [0, 0.05) is 11.8 Å². The Morgan fingerprint density at radius 2 is 1.79 bits per heavy atom. The maximum Gasteiger partial charge on any atom is 0.355 e. The van der Waals surface area contributed by atoms with Crippen LogP contribution in [-0.4, -0.2) is 39.5 Å². The summed E-state index contributed by atoms with van der Waals surface area (Å²) >= 11 is 0. The first-order chi connectivity index (χ1) is 14.0. The van der Waals surface area contributed by atoms with Crippen LogP contribution in [0.3, 0.4) is 0 Å². The number of hydrogen-bond donors (Lipinski definition) is 0. The van der Waals surface area contributed by atoms with Crippen molar-refractivity contribution in [2.24, 2.45) is 0 Å². The number of carbonyl (C=O) groups excluding carboxylic acids is 2. The third-order valence-electron chi connectivity index (χ3n) is 4.28. The molecule has 2 aromatic carbocycles. The number of methoxy groups -OCH3 is 2. The molecule has 0 fully saturated rings. The third-order valence-corrected chi connectivity index (χ3v) is 4.28. The number of esters is 2. The van der Waals surface area contributed by atoms with E-state index >= 15 is 0 Å². The molecule has 8 heteroatoms. The van der Waals surface area contributed by atoms with E-state index in [9.17, 15) is 14.0 Å². The van der Waals surface area contributed by atoms with E-state index in [4.69, 9.17) is 18.9 Å². The van der Waals surface area contributed by atoms with Crippen LogP contribution in [0.4, 0.5) is 10.1 Å². The van der Waals surface area contributed by atoms with Gasteiger partial charge < -0.3 is 23.8 Å². The summed E-state index contributed by atoms with van der Waals surface area (Å²) < 4.78 is 33.9. The number of halogens is 1. The van der Waals surface area contributed by atoms with Gasteiger partial charge in [-0.3, -0.25) is 0 Å². The Kier molecular flexibility index (Phi) is 6.46. The topological polar surface area (TPSA) is 74.3 Å². The highest BCUT2D eigenvalue weighted by Crippen LogP contribution is 2.29. The second-order valence-electron chi connectivity index (χ2n) is 6.13. The second kappa shape index (κ2) is 9.20. The molecule has 1 aliphatic rings. The Balaban J connectivity index is 1.86. The van der Waals surface area contributed by atoms with E-state index in [1.807, 2.05) is 0 Å². The molecule has 0 radical (unpaired) electrons. The smallest absolute Gasteiger partial charge is 0.355 e. The lowest BCUT2D eigenvalue weighted by Gasteiger charge is -2.31. The zero-order chi connectivity index (χ0) is 20.8. The molecular formula is C21H20FNO6. The largest absolute Gasteiger partial charge is 0.489 e. The van der Waals surface area contributed by atoms with E-state index in [0.717, 1.165) is 5.56 Å². The fraction of sp³-hybridized carbons (Fsp3) is 0.238. The van der Waals surface area contributed by atoms with Crippen molar-refractivity contribution >= 4 is 17.6 Å². The molecule has 0 amide bonds. The summed E-state index contributed by atoms with van der Waals surface area (Å²) in [5, 5.41) is 0. The highest BCUT2D eigenvalue weighted by atomic mass is 19.1. The molecule has 3 rings (SSSR count). The normalized spacial score (nSPS) is 13.8. The van der Waals surface area contributed by atoms with Crippen molar-refractivity contribution in [2.75, 3.05) is 32.5 Å². The van der Waals surface area contributed by atoms with Crippen molar-refractivity contribution in [3.63, 3.8) is 0 Å². The van der Waals surface area contributed by atoms with Gasteiger partial charge in [-0.15, -0.1) is 0 Å². The van der Waals surface area contributed by atoms with Gasteiger partial charge in [-0.2, -0.15) is 0 Å². The Morgan fingerprint density at radius 1 is 1.07 bits per heavy atom. The maximum absolute atomic E-state index is 13.0. The molecule has 0 N–H and O–H groups in total. The number of benzene rings is 2. The number of anilines is 1. The van der Waals surface area contributed by atoms with Gasteiger partial charge in [0.05, 0.1) is 26.4 Å². The Bertz CT molecular complexity index is 925. The van der Waals surface area contributed by atoms with E-state index in [1.165, 1.54) is 31.3 Å². The minimum absolute atomic E-state index is 0.0480. The van der Waals surface area contributed by atoms with Gasteiger partial charge in [-0.05, 0) is 29.8 Å². The molecule has 0 saturated heterocycles. The number of nitrogens with zero attached hydrogens (tertiary/aromatic N) is 1. The van der Waals surface area contributed by atoms with Crippen molar-refractivity contribution in [2.45, 2.75) is 6.61 Å². The van der Waals surface area contributed by atoms with Gasteiger partial charge in [0.15, 0.2) is 0 Å². The molecule has 2 aromatic rings. The van der Waals surface area contributed by atoms with Crippen LogP contribution in [0.5, 0.6) is 5.75 Å². The standard InChI is InChI=1S/C21H20FNO6/c1-26-20(24)18-12-28-13-23(19(18)21(25)27-2)16-4-3-5-17(10-16)29-11-14-6-8-15(22)9-7-14/h3-10H,11-13H2,1-2H3. The number of rotatable bonds is 6. The molecular weight excluding hydrogens is 381 g/mol. The van der Waals surface area contributed by atoms with Crippen molar-refractivity contribution in [3.8, 4) is 5.75 Å². The second-order valence-corrected chi connectivity index (χ2v) is 6.13. The first kappa shape index (κ1) is 20.3. The van der Waals surface area contributed by atoms with Crippen LogP contribution >= 0.6 is 0 Å². The van der Waals surface area contributed by atoms with Crippen LogP contribution in [0, 0.1) is 5.82 Å². The molecule has 1 aliphatic heterocycles. The molecule has 0 atom stereocenters. The van der Waals surface area contributed by atoms with Gasteiger partial charge in [-0.1, -0.05) is 18.2 Å². The molecule has 0 unspecified atom stereocenters. The molecule has 7 nitrogen and oxygen atoms in total. The first-order valence-corrected chi connectivity index (χ1v) is 8.76. The van der Waals surface area contributed by atoms with Crippen LogP contribution in [0.25, 0.3) is 0 Å². The highest BCUT2D eigenvalue weighted by molar-refractivity contribution is 6.03. The van der Waals surface area contributed by atoms with Crippen LogP contribution in [0.15, 0.2) is 59.8 Å². The van der Waals surface area contributed by atoms with E-state index in [1.54, 1.807) is 36.4 Å². The zero-order valence-electron chi connectivity index (χ0n) is 16.0. The Hall–Kier alpha value is -3.39. The number of hydrogen-bond acceptors (Lipinski definition) is 7. The molecule has 29 heavy (non-hydrogen) atoms. The fourth-order valence-corrected chi connectivity index (χ4v) is 2.84. The van der Waals surface area contributed by atoms with Gasteiger partial charge in [0.25, 0.3) is 0 Å². The van der Waals surface area contributed by atoms with Crippen molar-refractivity contribution in [3.05, 3.63) is 71.2 Å². The SMILES string of the molecule is COC(=O)C1=C(C(=O)OC)N(c2cccc(OCc3ccc(F)cc3)c2)COC1.